The Kier molecular flexibility index (Phi) is 9.50. The van der Waals surface area contributed by atoms with E-state index < -0.39 is 5.41 Å². The van der Waals surface area contributed by atoms with Gasteiger partial charge in [0.05, 0.1) is 17.3 Å². The van der Waals surface area contributed by atoms with E-state index in [2.05, 4.69) is 39.3 Å². The van der Waals surface area contributed by atoms with Crippen LogP contribution in [0.3, 0.4) is 0 Å². The minimum Gasteiger partial charge on any atom is -0.490 e. The zero-order chi connectivity index (χ0) is 28.9. The molecule has 2 N–H and O–H groups in total. The molecule has 0 spiro atoms. The Bertz CT molecular complexity index is 1200. The monoisotopic (exact) mass is 551 g/mol. The molecule has 1 saturated carbocycles. The van der Waals surface area contributed by atoms with Gasteiger partial charge >= 0.3 is 0 Å². The van der Waals surface area contributed by atoms with Gasteiger partial charge in [-0.2, -0.15) is 4.98 Å². The Hall–Kier alpha value is -3.40. The van der Waals surface area contributed by atoms with E-state index in [9.17, 15) is 9.59 Å². The molecule has 1 aliphatic carbocycles. The summed E-state index contributed by atoms with van der Waals surface area (Å²) < 4.78 is 6.21. The zero-order valence-corrected chi connectivity index (χ0v) is 24.9. The molecular formula is C30H45N7O3. The van der Waals surface area contributed by atoms with Crippen LogP contribution in [0.15, 0.2) is 24.4 Å². The fraction of sp³-hybridized carbons (Fsp3) is 0.600. The van der Waals surface area contributed by atoms with Crippen molar-refractivity contribution >= 4 is 35.0 Å². The quantitative estimate of drug-likeness (QED) is 0.423. The van der Waals surface area contributed by atoms with Crippen molar-refractivity contribution in [3.8, 4) is 5.75 Å². The highest BCUT2D eigenvalue weighted by Crippen LogP contribution is 2.40. The summed E-state index contributed by atoms with van der Waals surface area (Å²) in [5.41, 5.74) is 1.36. The van der Waals surface area contributed by atoms with Crippen molar-refractivity contribution in [2.45, 2.75) is 65.8 Å². The Labute approximate surface area is 238 Å². The minimum absolute atomic E-state index is 0.0585. The number of hydrogen-bond acceptors (Lipinski definition) is 8. The van der Waals surface area contributed by atoms with Gasteiger partial charge in [-0.1, -0.05) is 26.7 Å². The van der Waals surface area contributed by atoms with E-state index in [1.807, 2.05) is 19.9 Å². The van der Waals surface area contributed by atoms with Crippen molar-refractivity contribution in [2.24, 2.45) is 5.41 Å². The number of carbonyl (C=O) groups excluding carboxylic acids is 2. The van der Waals surface area contributed by atoms with Gasteiger partial charge in [-0.25, -0.2) is 4.98 Å². The number of amides is 2. The fourth-order valence-electron chi connectivity index (χ4n) is 5.70. The molecule has 10 nitrogen and oxygen atoms in total. The molecule has 1 aromatic heterocycles. The summed E-state index contributed by atoms with van der Waals surface area (Å²) >= 11 is 0. The summed E-state index contributed by atoms with van der Waals surface area (Å²) in [6.45, 7) is 12.2. The molecule has 218 valence electrons. The maximum absolute atomic E-state index is 13.3. The molecule has 4 rings (SSSR count). The number of anilines is 4. The van der Waals surface area contributed by atoms with Crippen molar-refractivity contribution < 1.29 is 14.3 Å². The van der Waals surface area contributed by atoms with Crippen LogP contribution in [-0.2, 0) is 4.79 Å². The lowest BCUT2D eigenvalue weighted by molar-refractivity contribution is -0.125. The number of aromatic nitrogens is 2. The van der Waals surface area contributed by atoms with Crippen molar-refractivity contribution in [2.75, 3.05) is 62.0 Å². The first-order valence-electron chi connectivity index (χ1n) is 14.6. The van der Waals surface area contributed by atoms with Gasteiger partial charge in [-0.3, -0.25) is 9.59 Å². The van der Waals surface area contributed by atoms with E-state index in [0.29, 0.717) is 42.1 Å². The number of ether oxygens (including phenoxy) is 1. The van der Waals surface area contributed by atoms with E-state index in [-0.39, 0.29) is 11.8 Å². The molecule has 10 heteroatoms. The molecule has 2 heterocycles. The predicted molar refractivity (Wildman–Crippen MR) is 160 cm³/mol. The lowest BCUT2D eigenvalue weighted by atomic mass is 9.91. The van der Waals surface area contributed by atoms with Crippen LogP contribution in [-0.4, -0.2) is 79.6 Å². The standard InChI is InChI=1S/C30H45N7O3/c1-7-15-36(8-2)16-17-40-25-18-21(27(38)31-5)13-14-23(25)33-29-32-19-24-26(34-29)37(22-11-9-10-12-22)20-30(3,4)28(39)35(24)6/h13-14,18-19,22H,7-12,15-17,20H2,1-6H3,(H,31,38)(H,32,33,34). The lowest BCUT2D eigenvalue weighted by Crippen LogP contribution is -2.45. The Morgan fingerprint density at radius 2 is 1.95 bits per heavy atom. The lowest BCUT2D eigenvalue weighted by Gasteiger charge is -2.34. The van der Waals surface area contributed by atoms with Gasteiger partial charge in [0.15, 0.2) is 5.82 Å². The van der Waals surface area contributed by atoms with Crippen LogP contribution in [0.5, 0.6) is 5.75 Å². The van der Waals surface area contributed by atoms with Crippen molar-refractivity contribution in [3.05, 3.63) is 30.0 Å². The first-order chi connectivity index (χ1) is 19.2. The Morgan fingerprint density at radius 3 is 2.62 bits per heavy atom. The van der Waals surface area contributed by atoms with Gasteiger partial charge in [-0.05, 0) is 64.4 Å². The van der Waals surface area contributed by atoms with Crippen LogP contribution in [0.1, 0.15) is 70.2 Å². The van der Waals surface area contributed by atoms with Crippen molar-refractivity contribution in [1.82, 2.24) is 20.2 Å². The minimum atomic E-state index is -0.549. The number of rotatable bonds is 11. The number of nitrogens with one attached hydrogen (secondary N) is 2. The van der Waals surface area contributed by atoms with Gasteiger partial charge < -0.3 is 30.1 Å². The molecule has 2 aromatic rings. The topological polar surface area (TPSA) is 103 Å². The molecule has 2 aliphatic rings. The van der Waals surface area contributed by atoms with Gasteiger partial charge in [0.1, 0.15) is 18.0 Å². The van der Waals surface area contributed by atoms with E-state index in [0.717, 1.165) is 50.4 Å². The van der Waals surface area contributed by atoms with E-state index in [4.69, 9.17) is 9.72 Å². The maximum Gasteiger partial charge on any atom is 0.251 e. The fourth-order valence-corrected chi connectivity index (χ4v) is 5.70. The first-order valence-corrected chi connectivity index (χ1v) is 14.6. The molecule has 2 amide bonds. The summed E-state index contributed by atoms with van der Waals surface area (Å²) in [5.74, 6) is 1.63. The van der Waals surface area contributed by atoms with Crippen LogP contribution >= 0.6 is 0 Å². The predicted octanol–water partition coefficient (Wildman–Crippen LogP) is 4.44. The number of benzene rings is 1. The molecular weight excluding hydrogens is 506 g/mol. The summed E-state index contributed by atoms with van der Waals surface area (Å²) in [6.07, 6.45) is 7.36. The molecule has 0 atom stereocenters. The second-order valence-corrected chi connectivity index (χ2v) is 11.4. The van der Waals surface area contributed by atoms with Gasteiger partial charge in [0.25, 0.3) is 5.91 Å². The molecule has 0 bridgehead atoms. The van der Waals surface area contributed by atoms with Crippen LogP contribution in [0, 0.1) is 5.41 Å². The van der Waals surface area contributed by atoms with Crippen molar-refractivity contribution in [3.63, 3.8) is 0 Å². The van der Waals surface area contributed by atoms with E-state index in [1.54, 1.807) is 37.3 Å². The summed E-state index contributed by atoms with van der Waals surface area (Å²) in [5, 5.41) is 6.02. The largest absolute Gasteiger partial charge is 0.490 e. The molecule has 1 aliphatic heterocycles. The highest BCUT2D eigenvalue weighted by atomic mass is 16.5. The van der Waals surface area contributed by atoms with Gasteiger partial charge in [0.2, 0.25) is 11.9 Å². The highest BCUT2D eigenvalue weighted by Gasteiger charge is 2.41. The first kappa shape index (κ1) is 29.6. The molecule has 0 radical (unpaired) electrons. The summed E-state index contributed by atoms with van der Waals surface area (Å²) in [7, 11) is 3.42. The van der Waals surface area contributed by atoms with Crippen LogP contribution in [0.25, 0.3) is 0 Å². The molecule has 1 fully saturated rings. The smallest absolute Gasteiger partial charge is 0.251 e. The SMILES string of the molecule is CCCN(CC)CCOc1cc(C(=O)NC)ccc1Nc1ncc2c(n1)N(C1CCCC1)CC(C)(C)C(=O)N2C. The normalized spacial score (nSPS) is 17.1. The maximum atomic E-state index is 13.3. The van der Waals surface area contributed by atoms with Gasteiger partial charge in [-0.15, -0.1) is 0 Å². The zero-order valence-electron chi connectivity index (χ0n) is 24.9. The number of nitrogens with zero attached hydrogens (tertiary/aromatic N) is 5. The third-order valence-corrected chi connectivity index (χ3v) is 7.97. The number of hydrogen-bond donors (Lipinski definition) is 2. The number of carbonyl (C=O) groups is 2. The van der Waals surface area contributed by atoms with E-state index in [1.165, 1.54) is 12.8 Å². The van der Waals surface area contributed by atoms with E-state index >= 15 is 0 Å². The molecule has 1 aromatic carbocycles. The van der Waals surface area contributed by atoms with Crippen molar-refractivity contribution in [1.29, 1.82) is 0 Å². The highest BCUT2D eigenvalue weighted by molar-refractivity contribution is 6.01. The Balaban J connectivity index is 1.65. The number of fused-ring (bicyclic) bond motifs is 1. The second kappa shape index (κ2) is 12.8. The summed E-state index contributed by atoms with van der Waals surface area (Å²) in [4.78, 5) is 41.6. The summed E-state index contributed by atoms with van der Waals surface area (Å²) in [6, 6.07) is 5.68. The third-order valence-electron chi connectivity index (χ3n) is 7.97. The average Bonchev–Trinajstić information content (AvgIpc) is 3.47. The third kappa shape index (κ3) is 6.49. The second-order valence-electron chi connectivity index (χ2n) is 11.4. The molecule has 0 saturated heterocycles. The van der Waals surface area contributed by atoms with Crippen LogP contribution < -0.4 is 25.2 Å². The number of likely N-dealkylation sites (N-methyl/N-ethyl adjacent to an activating group) is 1. The van der Waals surface area contributed by atoms with Gasteiger partial charge in [0, 0.05) is 38.8 Å². The Morgan fingerprint density at radius 1 is 1.20 bits per heavy atom. The molecule has 0 unspecified atom stereocenters. The average molecular weight is 552 g/mol. The van der Waals surface area contributed by atoms with Crippen LogP contribution in [0.2, 0.25) is 0 Å². The molecule has 40 heavy (non-hydrogen) atoms. The van der Waals surface area contributed by atoms with Crippen LogP contribution in [0.4, 0.5) is 23.1 Å².